The van der Waals surface area contributed by atoms with Gasteiger partial charge in [-0.1, -0.05) is 24.3 Å². The normalized spacial score (nSPS) is 17.9. The molecule has 1 saturated heterocycles. The van der Waals surface area contributed by atoms with E-state index >= 15 is 0 Å². The molecule has 0 aliphatic carbocycles. The standard InChI is InChI=1S/C33H43N7O3/c1-22(19-38(5)6)42-32-36-28-21-39(15-12-27(28)30(37-32)40-16-14-35-24(20-40)11-13-34)29-18-25(43-31(41)33(2,3)4)17-23-9-7-8-10-26(23)29/h7-10,17-18,22,24,35H,11-12,14-16,19-21H2,1-6H3/t22-,24?/m1/s1. The maximum absolute atomic E-state index is 12.8. The van der Waals surface area contributed by atoms with Gasteiger partial charge < -0.3 is 29.5 Å². The molecule has 2 aliphatic heterocycles. The van der Waals surface area contributed by atoms with E-state index in [1.54, 1.807) is 0 Å². The Kier molecular flexibility index (Phi) is 9.04. The first-order valence-corrected chi connectivity index (χ1v) is 15.1. The molecule has 0 amide bonds. The molecular formula is C33H43N7O3. The van der Waals surface area contributed by atoms with Gasteiger partial charge in [0.15, 0.2) is 0 Å². The third-order valence-corrected chi connectivity index (χ3v) is 7.82. The third-order valence-electron chi connectivity index (χ3n) is 7.82. The summed E-state index contributed by atoms with van der Waals surface area (Å²) >= 11 is 0. The first-order valence-electron chi connectivity index (χ1n) is 15.1. The summed E-state index contributed by atoms with van der Waals surface area (Å²) < 4.78 is 12.1. The van der Waals surface area contributed by atoms with Gasteiger partial charge in [0, 0.05) is 61.5 Å². The molecule has 3 aromatic rings. The van der Waals surface area contributed by atoms with Crippen LogP contribution >= 0.6 is 0 Å². The minimum atomic E-state index is -0.612. The van der Waals surface area contributed by atoms with Crippen LogP contribution in [0.2, 0.25) is 0 Å². The van der Waals surface area contributed by atoms with Crippen LogP contribution in [0.1, 0.15) is 45.4 Å². The lowest BCUT2D eigenvalue weighted by Crippen LogP contribution is -2.51. The van der Waals surface area contributed by atoms with E-state index < -0.39 is 5.41 Å². The van der Waals surface area contributed by atoms with Crippen LogP contribution in [0.25, 0.3) is 10.8 Å². The summed E-state index contributed by atoms with van der Waals surface area (Å²) in [6, 6.07) is 14.8. The summed E-state index contributed by atoms with van der Waals surface area (Å²) in [6.45, 7) is 12.0. The molecular weight excluding hydrogens is 542 g/mol. The monoisotopic (exact) mass is 585 g/mol. The Bertz CT molecular complexity index is 1510. The number of carbonyl (C=O) groups is 1. The number of carbonyl (C=O) groups excluding carboxylic acids is 1. The van der Waals surface area contributed by atoms with Gasteiger partial charge in [0.2, 0.25) is 0 Å². The molecule has 2 aliphatic rings. The van der Waals surface area contributed by atoms with Crippen LogP contribution in [0.15, 0.2) is 36.4 Å². The minimum Gasteiger partial charge on any atom is -0.459 e. The zero-order valence-electron chi connectivity index (χ0n) is 26.2. The number of nitrogens with one attached hydrogen (secondary N) is 1. The molecule has 10 nitrogen and oxygen atoms in total. The van der Waals surface area contributed by atoms with Gasteiger partial charge >= 0.3 is 12.0 Å². The highest BCUT2D eigenvalue weighted by molar-refractivity contribution is 5.96. The van der Waals surface area contributed by atoms with Gasteiger partial charge in [-0.2, -0.15) is 15.2 Å². The van der Waals surface area contributed by atoms with Crippen LogP contribution < -0.4 is 24.6 Å². The highest BCUT2D eigenvalue weighted by Gasteiger charge is 2.30. The Labute approximate surface area is 254 Å². The molecule has 5 rings (SSSR count). The fourth-order valence-corrected chi connectivity index (χ4v) is 5.75. The maximum Gasteiger partial charge on any atom is 0.318 e. The zero-order chi connectivity index (χ0) is 30.7. The second kappa shape index (κ2) is 12.7. The molecule has 3 heterocycles. The van der Waals surface area contributed by atoms with Crippen molar-refractivity contribution >= 4 is 28.2 Å². The Morgan fingerprint density at radius 2 is 1.98 bits per heavy atom. The fourth-order valence-electron chi connectivity index (χ4n) is 5.75. The summed E-state index contributed by atoms with van der Waals surface area (Å²) in [4.78, 5) is 29.3. The van der Waals surface area contributed by atoms with Crippen molar-refractivity contribution in [2.75, 3.05) is 56.6 Å². The van der Waals surface area contributed by atoms with E-state index in [1.165, 1.54) is 0 Å². The molecule has 0 saturated carbocycles. The first kappa shape index (κ1) is 30.5. The van der Waals surface area contributed by atoms with Crippen molar-refractivity contribution in [3.05, 3.63) is 47.7 Å². The molecule has 2 atom stereocenters. The van der Waals surface area contributed by atoms with Gasteiger partial charge in [0.25, 0.3) is 0 Å². The lowest BCUT2D eigenvalue weighted by atomic mass is 9.97. The SMILES string of the molecule is C[C@H](CN(C)C)Oc1nc2c(c(N3CCNC(CC#N)C3)n1)CCN(c1cc(OC(=O)C(C)(C)C)cc3ccccc13)C2. The lowest BCUT2D eigenvalue weighted by molar-refractivity contribution is -0.142. The van der Waals surface area contributed by atoms with Gasteiger partial charge in [-0.3, -0.25) is 4.79 Å². The van der Waals surface area contributed by atoms with Crippen LogP contribution in [0, 0.1) is 16.7 Å². The summed E-state index contributed by atoms with van der Waals surface area (Å²) in [5, 5.41) is 14.9. The Hall–Kier alpha value is -3.94. The predicted molar refractivity (Wildman–Crippen MR) is 169 cm³/mol. The Morgan fingerprint density at radius 1 is 1.19 bits per heavy atom. The fraction of sp³-hybridized carbons (Fsp3) is 0.515. The van der Waals surface area contributed by atoms with Crippen molar-refractivity contribution in [2.24, 2.45) is 5.41 Å². The van der Waals surface area contributed by atoms with Crippen LogP contribution in [0.5, 0.6) is 11.8 Å². The van der Waals surface area contributed by atoms with Crippen molar-refractivity contribution in [3.8, 4) is 17.8 Å². The maximum atomic E-state index is 12.8. The van der Waals surface area contributed by atoms with E-state index in [1.807, 2.05) is 72.1 Å². The van der Waals surface area contributed by atoms with E-state index in [0.29, 0.717) is 31.3 Å². The highest BCUT2D eigenvalue weighted by atomic mass is 16.5. The summed E-state index contributed by atoms with van der Waals surface area (Å²) in [7, 11) is 4.04. The van der Waals surface area contributed by atoms with Crippen molar-refractivity contribution in [1.82, 2.24) is 20.2 Å². The number of ether oxygens (including phenoxy) is 2. The molecule has 1 fully saturated rings. The van der Waals surface area contributed by atoms with Gasteiger partial charge in [-0.05, 0) is 59.7 Å². The second-order valence-corrected chi connectivity index (χ2v) is 12.9. The molecule has 1 N–H and O–H groups in total. The molecule has 2 aromatic carbocycles. The van der Waals surface area contributed by atoms with Crippen molar-refractivity contribution < 1.29 is 14.3 Å². The number of piperazine rings is 1. The summed E-state index contributed by atoms with van der Waals surface area (Å²) in [5.74, 6) is 1.17. The number of likely N-dealkylation sites (N-methyl/N-ethyl adjacent to an activating group) is 1. The quantitative estimate of drug-likeness (QED) is 0.306. The van der Waals surface area contributed by atoms with Crippen molar-refractivity contribution in [1.29, 1.82) is 5.26 Å². The Morgan fingerprint density at radius 3 is 2.72 bits per heavy atom. The average molecular weight is 586 g/mol. The lowest BCUT2D eigenvalue weighted by Gasteiger charge is -2.37. The summed E-state index contributed by atoms with van der Waals surface area (Å²) in [6.07, 6.45) is 1.11. The number of fused-ring (bicyclic) bond motifs is 2. The molecule has 228 valence electrons. The van der Waals surface area contributed by atoms with Crippen LogP contribution in [-0.2, 0) is 17.8 Å². The second-order valence-electron chi connectivity index (χ2n) is 12.9. The molecule has 1 aromatic heterocycles. The molecule has 43 heavy (non-hydrogen) atoms. The van der Waals surface area contributed by atoms with Crippen molar-refractivity contribution in [3.63, 3.8) is 0 Å². The molecule has 10 heteroatoms. The van der Waals surface area contributed by atoms with E-state index in [-0.39, 0.29) is 18.1 Å². The number of aromatic nitrogens is 2. The van der Waals surface area contributed by atoms with Crippen molar-refractivity contribution in [2.45, 2.75) is 59.2 Å². The minimum absolute atomic E-state index is 0.0893. The number of hydrogen-bond acceptors (Lipinski definition) is 10. The molecule has 0 radical (unpaired) electrons. The van der Waals surface area contributed by atoms with Gasteiger partial charge in [0.1, 0.15) is 17.7 Å². The number of hydrogen-bond donors (Lipinski definition) is 1. The number of rotatable bonds is 8. The van der Waals surface area contributed by atoms with E-state index in [9.17, 15) is 10.1 Å². The number of esters is 1. The van der Waals surface area contributed by atoms with E-state index in [0.717, 1.165) is 66.1 Å². The van der Waals surface area contributed by atoms with Crippen LogP contribution in [0.3, 0.4) is 0 Å². The number of nitriles is 1. The van der Waals surface area contributed by atoms with Gasteiger partial charge in [-0.25, -0.2) is 0 Å². The Balaban J connectivity index is 1.52. The molecule has 0 spiro atoms. The van der Waals surface area contributed by atoms with Gasteiger partial charge in [-0.15, -0.1) is 0 Å². The summed E-state index contributed by atoms with van der Waals surface area (Å²) in [5.41, 5.74) is 2.45. The average Bonchev–Trinajstić information content (AvgIpc) is 2.95. The number of benzene rings is 2. The number of anilines is 2. The highest BCUT2D eigenvalue weighted by Crippen LogP contribution is 2.37. The largest absolute Gasteiger partial charge is 0.459 e. The third kappa shape index (κ3) is 7.17. The van der Waals surface area contributed by atoms with Gasteiger partial charge in [0.05, 0.1) is 30.1 Å². The number of nitrogens with zero attached hydrogens (tertiary/aromatic N) is 6. The van der Waals surface area contributed by atoms with E-state index in [4.69, 9.17) is 19.4 Å². The zero-order valence-corrected chi connectivity index (χ0v) is 26.2. The first-order chi connectivity index (χ1) is 20.5. The predicted octanol–water partition coefficient (Wildman–Crippen LogP) is 4.16. The molecule has 0 bridgehead atoms. The van der Waals surface area contributed by atoms with Crippen LogP contribution in [0.4, 0.5) is 11.5 Å². The molecule has 1 unspecified atom stereocenters. The topological polar surface area (TPSA) is 107 Å². The van der Waals surface area contributed by atoms with Crippen LogP contribution in [-0.4, -0.2) is 79.8 Å². The smallest absolute Gasteiger partial charge is 0.318 e. The van der Waals surface area contributed by atoms with E-state index in [2.05, 4.69) is 32.2 Å².